The standard InChI is InChI=1S/C18H27NO/c1-4-5-7-12-17(15-19(2)3)18(20)14-13-16-10-8-6-9-11-16/h6,8-11,13-14,17H,4-5,7,12,15H2,1-3H3. The third-order valence-electron chi connectivity index (χ3n) is 3.38. The fourth-order valence-corrected chi connectivity index (χ4v) is 2.28. The normalized spacial score (nSPS) is 13.0. The second kappa shape index (κ2) is 9.49. The highest BCUT2D eigenvalue weighted by Crippen LogP contribution is 2.14. The van der Waals surface area contributed by atoms with Gasteiger partial charge in [0.25, 0.3) is 0 Å². The Morgan fingerprint density at radius 3 is 2.50 bits per heavy atom. The molecule has 0 radical (unpaired) electrons. The Kier molecular flexibility index (Phi) is 7.89. The molecule has 0 N–H and O–H groups in total. The van der Waals surface area contributed by atoms with E-state index in [1.54, 1.807) is 6.08 Å². The number of unbranched alkanes of at least 4 members (excludes halogenated alkanes) is 2. The summed E-state index contributed by atoms with van der Waals surface area (Å²) in [6.45, 7) is 3.03. The first-order valence-electron chi connectivity index (χ1n) is 7.55. The smallest absolute Gasteiger partial charge is 0.160 e. The molecule has 1 aromatic rings. The molecule has 0 saturated heterocycles. The zero-order chi connectivity index (χ0) is 14.8. The number of hydrogen-bond donors (Lipinski definition) is 0. The molecule has 0 aliphatic carbocycles. The number of carbonyl (C=O) groups excluding carboxylic acids is 1. The summed E-state index contributed by atoms with van der Waals surface area (Å²) in [5, 5.41) is 0. The van der Waals surface area contributed by atoms with Crippen LogP contribution >= 0.6 is 0 Å². The van der Waals surface area contributed by atoms with Crippen molar-refractivity contribution in [2.75, 3.05) is 20.6 Å². The molecule has 0 fully saturated rings. The molecular formula is C18H27NO. The number of carbonyl (C=O) groups is 1. The molecule has 1 atom stereocenters. The average molecular weight is 273 g/mol. The van der Waals surface area contributed by atoms with Crippen LogP contribution in [0.25, 0.3) is 6.08 Å². The summed E-state index contributed by atoms with van der Waals surface area (Å²) in [5.41, 5.74) is 1.08. The van der Waals surface area contributed by atoms with E-state index in [2.05, 4.69) is 11.8 Å². The monoisotopic (exact) mass is 273 g/mol. The van der Waals surface area contributed by atoms with Crippen molar-refractivity contribution >= 4 is 11.9 Å². The molecule has 0 amide bonds. The lowest BCUT2D eigenvalue weighted by Crippen LogP contribution is -2.27. The first-order valence-corrected chi connectivity index (χ1v) is 7.55. The van der Waals surface area contributed by atoms with Crippen molar-refractivity contribution in [3.8, 4) is 0 Å². The highest BCUT2D eigenvalue weighted by molar-refractivity contribution is 5.95. The van der Waals surface area contributed by atoms with Gasteiger partial charge in [-0.25, -0.2) is 0 Å². The molecule has 1 unspecified atom stereocenters. The quantitative estimate of drug-likeness (QED) is 0.500. The van der Waals surface area contributed by atoms with Crippen LogP contribution in [0.2, 0.25) is 0 Å². The lowest BCUT2D eigenvalue weighted by Gasteiger charge is -2.18. The van der Waals surface area contributed by atoms with Gasteiger partial charge in [0.05, 0.1) is 0 Å². The van der Waals surface area contributed by atoms with Gasteiger partial charge in [0.1, 0.15) is 0 Å². The topological polar surface area (TPSA) is 20.3 Å². The highest BCUT2D eigenvalue weighted by atomic mass is 16.1. The van der Waals surface area contributed by atoms with Crippen molar-refractivity contribution in [1.82, 2.24) is 4.90 Å². The molecule has 0 aromatic heterocycles. The van der Waals surface area contributed by atoms with Crippen LogP contribution in [-0.4, -0.2) is 31.3 Å². The average Bonchev–Trinajstić information content (AvgIpc) is 2.44. The molecule has 0 saturated carbocycles. The molecule has 2 heteroatoms. The third kappa shape index (κ3) is 6.67. The Bertz CT molecular complexity index is 409. The molecule has 110 valence electrons. The molecule has 0 bridgehead atoms. The minimum absolute atomic E-state index is 0.122. The van der Waals surface area contributed by atoms with Gasteiger partial charge in [0.15, 0.2) is 5.78 Å². The van der Waals surface area contributed by atoms with Crippen LogP contribution in [0.3, 0.4) is 0 Å². The Balaban J connectivity index is 2.59. The second-order valence-corrected chi connectivity index (χ2v) is 5.60. The lowest BCUT2D eigenvalue weighted by atomic mass is 9.95. The largest absolute Gasteiger partial charge is 0.309 e. The van der Waals surface area contributed by atoms with Crippen molar-refractivity contribution < 1.29 is 4.79 Å². The van der Waals surface area contributed by atoms with Gasteiger partial charge in [-0.3, -0.25) is 4.79 Å². The number of allylic oxidation sites excluding steroid dienone is 1. The van der Waals surface area contributed by atoms with Crippen LogP contribution in [0.4, 0.5) is 0 Å². The first-order chi connectivity index (χ1) is 9.63. The fraction of sp³-hybridized carbons (Fsp3) is 0.500. The molecule has 20 heavy (non-hydrogen) atoms. The van der Waals surface area contributed by atoms with Gasteiger partial charge in [-0.05, 0) is 32.2 Å². The molecular weight excluding hydrogens is 246 g/mol. The predicted octanol–water partition coefficient (Wildman–Crippen LogP) is 4.03. The van der Waals surface area contributed by atoms with E-state index in [1.807, 2.05) is 50.5 Å². The van der Waals surface area contributed by atoms with E-state index < -0.39 is 0 Å². The third-order valence-corrected chi connectivity index (χ3v) is 3.38. The summed E-state index contributed by atoms with van der Waals surface area (Å²) in [4.78, 5) is 14.4. The van der Waals surface area contributed by atoms with Gasteiger partial charge in [0.2, 0.25) is 0 Å². The van der Waals surface area contributed by atoms with Crippen molar-refractivity contribution in [1.29, 1.82) is 0 Å². The Morgan fingerprint density at radius 2 is 1.90 bits per heavy atom. The molecule has 1 aromatic carbocycles. The summed E-state index contributed by atoms with van der Waals surface area (Å²) in [7, 11) is 4.06. The zero-order valence-corrected chi connectivity index (χ0v) is 13.0. The molecule has 0 heterocycles. The van der Waals surface area contributed by atoms with E-state index in [0.717, 1.165) is 24.9 Å². The maximum Gasteiger partial charge on any atom is 0.160 e. The summed E-state index contributed by atoms with van der Waals surface area (Å²) < 4.78 is 0. The minimum atomic E-state index is 0.122. The zero-order valence-electron chi connectivity index (χ0n) is 13.0. The van der Waals surface area contributed by atoms with Gasteiger partial charge < -0.3 is 4.90 Å². The van der Waals surface area contributed by atoms with Crippen LogP contribution in [0.5, 0.6) is 0 Å². The molecule has 2 nitrogen and oxygen atoms in total. The van der Waals surface area contributed by atoms with Gasteiger partial charge in [-0.15, -0.1) is 0 Å². The van der Waals surface area contributed by atoms with Crippen molar-refractivity contribution in [2.24, 2.45) is 5.92 Å². The summed E-state index contributed by atoms with van der Waals surface area (Å²) >= 11 is 0. The number of rotatable bonds is 9. The van der Waals surface area contributed by atoms with E-state index in [4.69, 9.17) is 0 Å². The first kappa shape index (κ1) is 16.6. The predicted molar refractivity (Wildman–Crippen MR) is 86.7 cm³/mol. The molecule has 1 rings (SSSR count). The minimum Gasteiger partial charge on any atom is -0.309 e. The van der Waals surface area contributed by atoms with Crippen LogP contribution in [0.15, 0.2) is 36.4 Å². The summed E-state index contributed by atoms with van der Waals surface area (Å²) in [5.74, 6) is 0.371. The van der Waals surface area contributed by atoms with Gasteiger partial charge in [0, 0.05) is 12.5 Å². The van der Waals surface area contributed by atoms with Crippen LogP contribution in [0, 0.1) is 5.92 Å². The Morgan fingerprint density at radius 1 is 1.20 bits per heavy atom. The SMILES string of the molecule is CCCCCC(CN(C)C)C(=O)C=Cc1ccccc1. The van der Waals surface area contributed by atoms with E-state index >= 15 is 0 Å². The number of hydrogen-bond acceptors (Lipinski definition) is 2. The van der Waals surface area contributed by atoms with E-state index in [0.29, 0.717) is 0 Å². The maximum atomic E-state index is 12.3. The summed E-state index contributed by atoms with van der Waals surface area (Å²) in [6.07, 6.45) is 8.20. The summed E-state index contributed by atoms with van der Waals surface area (Å²) in [6, 6.07) is 9.99. The molecule has 0 spiro atoms. The van der Waals surface area contributed by atoms with Crippen molar-refractivity contribution in [2.45, 2.75) is 32.6 Å². The highest BCUT2D eigenvalue weighted by Gasteiger charge is 2.16. The molecule has 0 aliphatic rings. The Hall–Kier alpha value is -1.41. The van der Waals surface area contributed by atoms with Crippen LogP contribution in [-0.2, 0) is 4.79 Å². The van der Waals surface area contributed by atoms with E-state index in [-0.39, 0.29) is 11.7 Å². The van der Waals surface area contributed by atoms with Crippen LogP contribution in [0.1, 0.15) is 38.2 Å². The maximum absolute atomic E-state index is 12.3. The number of nitrogens with zero attached hydrogens (tertiary/aromatic N) is 1. The van der Waals surface area contributed by atoms with Gasteiger partial charge >= 0.3 is 0 Å². The van der Waals surface area contributed by atoms with E-state index in [9.17, 15) is 4.79 Å². The van der Waals surface area contributed by atoms with Gasteiger partial charge in [-0.1, -0.05) is 62.6 Å². The lowest BCUT2D eigenvalue weighted by molar-refractivity contribution is -0.118. The van der Waals surface area contributed by atoms with Crippen molar-refractivity contribution in [3.05, 3.63) is 42.0 Å². The molecule has 0 aliphatic heterocycles. The van der Waals surface area contributed by atoms with Crippen molar-refractivity contribution in [3.63, 3.8) is 0 Å². The van der Waals surface area contributed by atoms with Crippen LogP contribution < -0.4 is 0 Å². The van der Waals surface area contributed by atoms with Gasteiger partial charge in [-0.2, -0.15) is 0 Å². The number of benzene rings is 1. The number of ketones is 1. The van der Waals surface area contributed by atoms with E-state index in [1.165, 1.54) is 12.8 Å². The Labute approximate surface area is 123 Å². The fourth-order valence-electron chi connectivity index (χ4n) is 2.28. The second-order valence-electron chi connectivity index (χ2n) is 5.60.